The van der Waals surface area contributed by atoms with Crippen LogP contribution in [0.25, 0.3) is 0 Å². The molecule has 6 nitrogen and oxygen atoms in total. The van der Waals surface area contributed by atoms with Gasteiger partial charge in [-0.2, -0.15) is 5.10 Å². The highest BCUT2D eigenvalue weighted by atomic mass is 16.6. The number of hydrogen-bond acceptors (Lipinski definition) is 4. The van der Waals surface area contributed by atoms with Crippen molar-refractivity contribution < 1.29 is 9.53 Å². The summed E-state index contributed by atoms with van der Waals surface area (Å²) in [5.41, 5.74) is 0.436. The lowest BCUT2D eigenvalue weighted by Gasteiger charge is -2.22. The Balaban J connectivity index is 1.77. The molecule has 22 heavy (non-hydrogen) atoms. The first kappa shape index (κ1) is 16.8. The van der Waals surface area contributed by atoms with E-state index in [9.17, 15) is 4.79 Å². The molecule has 1 aliphatic carbocycles. The van der Waals surface area contributed by atoms with Gasteiger partial charge in [0.25, 0.3) is 0 Å². The van der Waals surface area contributed by atoms with Crippen LogP contribution in [0.5, 0.6) is 0 Å². The van der Waals surface area contributed by atoms with Crippen LogP contribution in [0, 0.1) is 5.92 Å². The van der Waals surface area contributed by atoms with Crippen molar-refractivity contribution in [3.05, 3.63) is 11.8 Å². The van der Waals surface area contributed by atoms with Crippen LogP contribution in [-0.2, 0) is 11.3 Å². The molecule has 1 aromatic heterocycles. The fraction of sp³-hybridized carbons (Fsp3) is 0.750. The minimum atomic E-state index is -0.510. The predicted octanol–water partition coefficient (Wildman–Crippen LogP) is 3.43. The Labute approximate surface area is 132 Å². The molecule has 0 bridgehead atoms. The van der Waals surface area contributed by atoms with Gasteiger partial charge in [0.15, 0.2) is 0 Å². The molecule has 1 amide bonds. The van der Waals surface area contributed by atoms with E-state index in [-0.39, 0.29) is 0 Å². The first-order valence-corrected chi connectivity index (χ1v) is 8.17. The summed E-state index contributed by atoms with van der Waals surface area (Å²) < 4.78 is 5.25. The van der Waals surface area contributed by atoms with Gasteiger partial charge in [0.2, 0.25) is 0 Å². The number of ether oxygens (including phenoxy) is 1. The van der Waals surface area contributed by atoms with E-state index in [0.717, 1.165) is 18.0 Å². The average Bonchev–Trinajstić information content (AvgIpc) is 2.85. The molecule has 6 heteroatoms. The quantitative estimate of drug-likeness (QED) is 0.778. The van der Waals surface area contributed by atoms with E-state index in [1.165, 1.54) is 32.1 Å². The van der Waals surface area contributed by atoms with Gasteiger partial charge in [0.1, 0.15) is 11.4 Å². The summed E-state index contributed by atoms with van der Waals surface area (Å²) in [7, 11) is 0. The molecule has 1 fully saturated rings. The number of carbonyl (C=O) groups excluding carboxylic acids is 1. The third-order valence-electron chi connectivity index (χ3n) is 3.82. The molecule has 1 saturated carbocycles. The number of rotatable bonds is 5. The van der Waals surface area contributed by atoms with Gasteiger partial charge in [-0.05, 0) is 46.1 Å². The van der Waals surface area contributed by atoms with Crippen molar-refractivity contribution >= 4 is 11.9 Å². The molecular weight excluding hydrogens is 280 g/mol. The minimum Gasteiger partial charge on any atom is -0.444 e. The topological polar surface area (TPSA) is 79.0 Å². The number of hydrogen-bond donors (Lipinski definition) is 3. The highest BCUT2D eigenvalue weighted by Gasteiger charge is 2.18. The molecular formula is C16H28N4O2. The SMILES string of the molecule is CC(C)(C)OC(=O)Nc1[nH]ncc1CNCC1CCCCC1. The molecule has 3 N–H and O–H groups in total. The van der Waals surface area contributed by atoms with E-state index in [0.29, 0.717) is 12.4 Å². The first-order chi connectivity index (χ1) is 10.4. The van der Waals surface area contributed by atoms with Gasteiger partial charge < -0.3 is 10.1 Å². The summed E-state index contributed by atoms with van der Waals surface area (Å²) in [4.78, 5) is 11.8. The number of amides is 1. The molecule has 0 aliphatic heterocycles. The van der Waals surface area contributed by atoms with Gasteiger partial charge in [0.05, 0.1) is 6.20 Å². The van der Waals surface area contributed by atoms with Crippen molar-refractivity contribution in [2.45, 2.75) is 65.0 Å². The molecule has 0 spiro atoms. The molecule has 2 rings (SSSR count). The summed E-state index contributed by atoms with van der Waals surface area (Å²) in [6.45, 7) is 7.24. The normalized spacial score (nSPS) is 16.5. The zero-order valence-corrected chi connectivity index (χ0v) is 13.9. The smallest absolute Gasteiger partial charge is 0.413 e. The van der Waals surface area contributed by atoms with Crippen LogP contribution in [0.2, 0.25) is 0 Å². The average molecular weight is 308 g/mol. The molecule has 0 atom stereocenters. The number of aromatic amines is 1. The largest absolute Gasteiger partial charge is 0.444 e. The van der Waals surface area contributed by atoms with Crippen molar-refractivity contribution in [1.29, 1.82) is 0 Å². The van der Waals surface area contributed by atoms with Crippen LogP contribution in [-0.4, -0.2) is 28.4 Å². The van der Waals surface area contributed by atoms with E-state index in [1.54, 1.807) is 6.20 Å². The highest BCUT2D eigenvalue weighted by molar-refractivity contribution is 5.84. The third kappa shape index (κ3) is 5.67. The predicted molar refractivity (Wildman–Crippen MR) is 86.7 cm³/mol. The lowest BCUT2D eigenvalue weighted by molar-refractivity contribution is 0.0635. The Morgan fingerprint density at radius 2 is 2.09 bits per heavy atom. The zero-order valence-electron chi connectivity index (χ0n) is 13.9. The lowest BCUT2D eigenvalue weighted by Crippen LogP contribution is -2.28. The second-order valence-corrected chi connectivity index (χ2v) is 7.03. The third-order valence-corrected chi connectivity index (χ3v) is 3.82. The van der Waals surface area contributed by atoms with Crippen LogP contribution >= 0.6 is 0 Å². The van der Waals surface area contributed by atoms with Crippen molar-refractivity contribution in [3.63, 3.8) is 0 Å². The molecule has 124 valence electrons. The molecule has 0 unspecified atom stereocenters. The van der Waals surface area contributed by atoms with Crippen LogP contribution in [0.1, 0.15) is 58.4 Å². The van der Waals surface area contributed by atoms with E-state index >= 15 is 0 Å². The maximum absolute atomic E-state index is 11.8. The Bertz CT molecular complexity index is 473. The van der Waals surface area contributed by atoms with E-state index < -0.39 is 11.7 Å². The number of carbonyl (C=O) groups is 1. The van der Waals surface area contributed by atoms with E-state index in [2.05, 4.69) is 20.8 Å². The Kier molecular flexibility index (Phi) is 5.83. The highest BCUT2D eigenvalue weighted by Crippen LogP contribution is 2.23. The summed E-state index contributed by atoms with van der Waals surface area (Å²) in [6.07, 6.45) is 7.99. The van der Waals surface area contributed by atoms with Crippen LogP contribution in [0.3, 0.4) is 0 Å². The Morgan fingerprint density at radius 3 is 2.77 bits per heavy atom. The van der Waals surface area contributed by atoms with Gasteiger partial charge in [0, 0.05) is 12.1 Å². The van der Waals surface area contributed by atoms with Gasteiger partial charge >= 0.3 is 6.09 Å². The first-order valence-electron chi connectivity index (χ1n) is 8.17. The van der Waals surface area contributed by atoms with Gasteiger partial charge in [-0.3, -0.25) is 10.4 Å². The van der Waals surface area contributed by atoms with Gasteiger partial charge in [-0.1, -0.05) is 19.3 Å². The lowest BCUT2D eigenvalue weighted by atomic mass is 9.89. The number of nitrogens with one attached hydrogen (secondary N) is 3. The van der Waals surface area contributed by atoms with Crippen LogP contribution in [0.4, 0.5) is 10.6 Å². The maximum Gasteiger partial charge on any atom is 0.413 e. The van der Waals surface area contributed by atoms with Crippen molar-refractivity contribution in [3.8, 4) is 0 Å². The van der Waals surface area contributed by atoms with E-state index in [4.69, 9.17) is 4.74 Å². The van der Waals surface area contributed by atoms with Crippen molar-refractivity contribution in [2.24, 2.45) is 5.92 Å². The standard InChI is InChI=1S/C16H28N4O2/c1-16(2,3)22-15(21)19-14-13(11-18-20-14)10-17-9-12-7-5-4-6-8-12/h11-12,17H,4-10H2,1-3H3,(H2,18,19,20,21). The molecule has 0 aromatic carbocycles. The summed E-state index contributed by atoms with van der Waals surface area (Å²) >= 11 is 0. The summed E-state index contributed by atoms with van der Waals surface area (Å²) in [5, 5.41) is 13.0. The maximum atomic E-state index is 11.8. The molecule has 1 aliphatic rings. The minimum absolute atomic E-state index is 0.467. The monoisotopic (exact) mass is 308 g/mol. The Morgan fingerprint density at radius 1 is 1.36 bits per heavy atom. The number of anilines is 1. The van der Waals surface area contributed by atoms with Gasteiger partial charge in [-0.25, -0.2) is 4.79 Å². The number of nitrogens with zero attached hydrogens (tertiary/aromatic N) is 1. The van der Waals surface area contributed by atoms with Crippen molar-refractivity contribution in [2.75, 3.05) is 11.9 Å². The Hall–Kier alpha value is -1.56. The van der Waals surface area contributed by atoms with Crippen molar-refractivity contribution in [1.82, 2.24) is 15.5 Å². The fourth-order valence-corrected chi connectivity index (χ4v) is 2.76. The fourth-order valence-electron chi connectivity index (χ4n) is 2.76. The second kappa shape index (κ2) is 7.63. The van der Waals surface area contributed by atoms with Crippen LogP contribution < -0.4 is 10.6 Å². The van der Waals surface area contributed by atoms with Crippen LogP contribution in [0.15, 0.2) is 6.20 Å². The number of H-pyrrole nitrogens is 1. The molecule has 0 radical (unpaired) electrons. The zero-order chi connectivity index (χ0) is 16.0. The molecule has 1 aromatic rings. The summed E-state index contributed by atoms with van der Waals surface area (Å²) in [6, 6.07) is 0. The van der Waals surface area contributed by atoms with Gasteiger partial charge in [-0.15, -0.1) is 0 Å². The molecule has 1 heterocycles. The second-order valence-electron chi connectivity index (χ2n) is 7.03. The molecule has 0 saturated heterocycles. The number of aromatic nitrogens is 2. The summed E-state index contributed by atoms with van der Waals surface area (Å²) in [5.74, 6) is 1.38. The van der Waals surface area contributed by atoms with E-state index in [1.807, 2.05) is 20.8 Å².